The van der Waals surface area contributed by atoms with Gasteiger partial charge >= 0.3 is 0 Å². The second-order valence-electron chi connectivity index (χ2n) is 3.95. The van der Waals surface area contributed by atoms with E-state index >= 15 is 0 Å². The van der Waals surface area contributed by atoms with Crippen molar-refractivity contribution in [2.24, 2.45) is 0 Å². The smallest absolute Gasteiger partial charge is 0.242 e. The fourth-order valence-corrected chi connectivity index (χ4v) is 2.45. The second kappa shape index (κ2) is 7.30. The quantitative estimate of drug-likeness (QED) is 0.598. The molecule has 1 heterocycles. The van der Waals surface area contributed by atoms with Gasteiger partial charge in [0.05, 0.1) is 0 Å². The lowest BCUT2D eigenvalue weighted by Crippen LogP contribution is -2.25. The monoisotopic (exact) mass is 273 g/mol. The standard InChI is InChI=1S/C11H19N3O3S/c12-11-6-5-10(9-13-11)18(16,17)14-7-3-1-2-4-8-15/h5-6,9,14-15H,1-4,7-8H2,(H2,12,13). The molecule has 0 saturated heterocycles. The molecule has 0 aromatic carbocycles. The van der Waals surface area contributed by atoms with Crippen LogP contribution in [0.5, 0.6) is 0 Å². The van der Waals surface area contributed by atoms with Gasteiger partial charge in [0.15, 0.2) is 0 Å². The maximum absolute atomic E-state index is 11.8. The lowest BCUT2D eigenvalue weighted by atomic mass is 10.2. The van der Waals surface area contributed by atoms with Crippen molar-refractivity contribution >= 4 is 15.8 Å². The van der Waals surface area contributed by atoms with Gasteiger partial charge in [0.2, 0.25) is 10.0 Å². The van der Waals surface area contributed by atoms with Crippen molar-refractivity contribution in [3.63, 3.8) is 0 Å². The SMILES string of the molecule is Nc1ccc(S(=O)(=O)NCCCCCCO)cn1. The third-order valence-corrected chi connectivity index (χ3v) is 3.89. The maximum atomic E-state index is 11.8. The molecule has 0 fully saturated rings. The molecular weight excluding hydrogens is 254 g/mol. The number of nitrogen functional groups attached to an aromatic ring is 1. The molecule has 0 aliphatic carbocycles. The number of aromatic nitrogens is 1. The molecule has 0 amide bonds. The Hall–Kier alpha value is -1.18. The Kier molecular flexibility index (Phi) is 6.03. The molecule has 1 aromatic rings. The molecule has 18 heavy (non-hydrogen) atoms. The number of pyridine rings is 1. The number of rotatable bonds is 8. The predicted octanol–water partition coefficient (Wildman–Crippen LogP) is 0.495. The Labute approximate surface area is 107 Å². The highest BCUT2D eigenvalue weighted by molar-refractivity contribution is 7.89. The fraction of sp³-hybridized carbons (Fsp3) is 0.545. The first-order chi connectivity index (χ1) is 8.56. The van der Waals surface area contributed by atoms with Crippen molar-refractivity contribution in [3.05, 3.63) is 18.3 Å². The van der Waals surface area contributed by atoms with Crippen LogP contribution in [0, 0.1) is 0 Å². The Morgan fingerprint density at radius 3 is 2.56 bits per heavy atom. The number of sulfonamides is 1. The van der Waals surface area contributed by atoms with E-state index in [1.165, 1.54) is 18.3 Å². The van der Waals surface area contributed by atoms with Crippen LogP contribution in [0.2, 0.25) is 0 Å². The highest BCUT2D eigenvalue weighted by Gasteiger charge is 2.12. The van der Waals surface area contributed by atoms with E-state index < -0.39 is 10.0 Å². The number of nitrogens with two attached hydrogens (primary N) is 1. The van der Waals surface area contributed by atoms with Gasteiger partial charge in [0.25, 0.3) is 0 Å². The van der Waals surface area contributed by atoms with E-state index in [0.29, 0.717) is 6.54 Å². The van der Waals surface area contributed by atoms with E-state index in [4.69, 9.17) is 10.8 Å². The zero-order valence-corrected chi connectivity index (χ0v) is 11.0. The largest absolute Gasteiger partial charge is 0.396 e. The first kappa shape index (κ1) is 14.9. The number of nitrogens with zero attached hydrogens (tertiary/aromatic N) is 1. The molecule has 0 bridgehead atoms. The normalized spacial score (nSPS) is 11.6. The minimum absolute atomic E-state index is 0.118. The summed E-state index contributed by atoms with van der Waals surface area (Å²) in [5.41, 5.74) is 5.39. The van der Waals surface area contributed by atoms with Crippen molar-refractivity contribution < 1.29 is 13.5 Å². The number of hydrogen-bond acceptors (Lipinski definition) is 5. The van der Waals surface area contributed by atoms with Gasteiger partial charge in [-0.3, -0.25) is 0 Å². The summed E-state index contributed by atoms with van der Waals surface area (Å²) in [5.74, 6) is 0.290. The van der Waals surface area contributed by atoms with Crippen LogP contribution in [0.3, 0.4) is 0 Å². The van der Waals surface area contributed by atoms with Crippen LogP contribution in [0.1, 0.15) is 25.7 Å². The molecule has 6 nitrogen and oxygen atoms in total. The van der Waals surface area contributed by atoms with Gasteiger partial charge < -0.3 is 10.8 Å². The molecule has 1 aromatic heterocycles. The van der Waals surface area contributed by atoms with Gasteiger partial charge in [-0.1, -0.05) is 12.8 Å². The summed E-state index contributed by atoms with van der Waals surface area (Å²) in [6.07, 6.45) is 4.55. The molecule has 7 heteroatoms. The number of aliphatic hydroxyl groups is 1. The average Bonchev–Trinajstić information content (AvgIpc) is 2.34. The van der Waals surface area contributed by atoms with Crippen LogP contribution in [-0.4, -0.2) is 31.7 Å². The topological polar surface area (TPSA) is 105 Å². The van der Waals surface area contributed by atoms with Crippen LogP contribution in [0.4, 0.5) is 5.82 Å². The van der Waals surface area contributed by atoms with E-state index in [2.05, 4.69) is 9.71 Å². The van der Waals surface area contributed by atoms with Crippen LogP contribution in [0.15, 0.2) is 23.2 Å². The van der Waals surface area contributed by atoms with Gasteiger partial charge in [-0.25, -0.2) is 18.1 Å². The molecule has 0 spiro atoms. The Morgan fingerprint density at radius 2 is 1.94 bits per heavy atom. The number of anilines is 1. The zero-order valence-electron chi connectivity index (χ0n) is 10.2. The minimum Gasteiger partial charge on any atom is -0.396 e. The van der Waals surface area contributed by atoms with Gasteiger partial charge in [0.1, 0.15) is 10.7 Å². The van der Waals surface area contributed by atoms with Crippen molar-refractivity contribution in [1.82, 2.24) is 9.71 Å². The third-order valence-electron chi connectivity index (χ3n) is 2.45. The van der Waals surface area contributed by atoms with Gasteiger partial charge in [-0.15, -0.1) is 0 Å². The van der Waals surface area contributed by atoms with Crippen molar-refractivity contribution in [3.8, 4) is 0 Å². The van der Waals surface area contributed by atoms with Gasteiger partial charge in [-0.2, -0.15) is 0 Å². The third kappa shape index (κ3) is 4.99. The van der Waals surface area contributed by atoms with E-state index in [1.807, 2.05) is 0 Å². The maximum Gasteiger partial charge on any atom is 0.242 e. The molecule has 102 valence electrons. The highest BCUT2D eigenvalue weighted by atomic mass is 32.2. The summed E-state index contributed by atoms with van der Waals surface area (Å²) in [6.45, 7) is 0.570. The molecule has 0 radical (unpaired) electrons. The number of nitrogens with one attached hydrogen (secondary N) is 1. The van der Waals surface area contributed by atoms with E-state index in [1.54, 1.807) is 0 Å². The van der Waals surface area contributed by atoms with Crippen LogP contribution in [-0.2, 0) is 10.0 Å². The molecule has 0 unspecified atom stereocenters. The molecule has 4 N–H and O–H groups in total. The van der Waals surface area contributed by atoms with Crippen LogP contribution < -0.4 is 10.5 Å². The lowest BCUT2D eigenvalue weighted by Gasteiger charge is -2.06. The predicted molar refractivity (Wildman–Crippen MR) is 69.4 cm³/mol. The number of hydrogen-bond donors (Lipinski definition) is 3. The van der Waals surface area contributed by atoms with Crippen LogP contribution in [0.25, 0.3) is 0 Å². The molecule has 0 aliphatic rings. The highest BCUT2D eigenvalue weighted by Crippen LogP contribution is 2.08. The van der Waals surface area contributed by atoms with Crippen LogP contribution >= 0.6 is 0 Å². The summed E-state index contributed by atoms with van der Waals surface area (Å²) in [6, 6.07) is 2.88. The first-order valence-corrected chi connectivity index (χ1v) is 7.36. The Morgan fingerprint density at radius 1 is 1.22 bits per heavy atom. The summed E-state index contributed by atoms with van der Waals surface area (Å²) in [7, 11) is -3.49. The Balaban J connectivity index is 2.38. The second-order valence-corrected chi connectivity index (χ2v) is 5.72. The summed E-state index contributed by atoms with van der Waals surface area (Å²) in [4.78, 5) is 3.86. The molecule has 0 atom stereocenters. The van der Waals surface area contributed by atoms with Gasteiger partial charge in [-0.05, 0) is 25.0 Å². The number of unbranched alkanes of at least 4 members (excludes halogenated alkanes) is 3. The molecule has 1 rings (SSSR count). The molecule has 0 saturated carbocycles. The summed E-state index contributed by atoms with van der Waals surface area (Å²) >= 11 is 0. The summed E-state index contributed by atoms with van der Waals surface area (Å²) in [5, 5.41) is 8.59. The number of aliphatic hydroxyl groups excluding tert-OH is 1. The first-order valence-electron chi connectivity index (χ1n) is 5.88. The van der Waals surface area contributed by atoms with E-state index in [9.17, 15) is 8.42 Å². The zero-order chi connectivity index (χ0) is 13.4. The van der Waals surface area contributed by atoms with E-state index in [-0.39, 0.29) is 17.3 Å². The fourth-order valence-electron chi connectivity index (χ4n) is 1.43. The van der Waals surface area contributed by atoms with Crippen molar-refractivity contribution in [2.75, 3.05) is 18.9 Å². The van der Waals surface area contributed by atoms with Crippen molar-refractivity contribution in [2.45, 2.75) is 30.6 Å². The Bertz CT molecular complexity index is 445. The minimum atomic E-state index is -3.49. The van der Waals surface area contributed by atoms with E-state index in [0.717, 1.165) is 25.7 Å². The molecule has 0 aliphatic heterocycles. The lowest BCUT2D eigenvalue weighted by molar-refractivity contribution is 0.282. The summed E-state index contributed by atoms with van der Waals surface area (Å²) < 4.78 is 26.1. The molecular formula is C11H19N3O3S. The van der Waals surface area contributed by atoms with Crippen molar-refractivity contribution in [1.29, 1.82) is 0 Å². The van der Waals surface area contributed by atoms with Gasteiger partial charge in [0, 0.05) is 19.3 Å². The average molecular weight is 273 g/mol.